The maximum Gasteiger partial charge on any atom is 1.00 e. The van der Waals surface area contributed by atoms with Crippen LogP contribution in [-0.4, -0.2) is 63.2 Å². The average Bonchev–Trinajstić information content (AvgIpc) is 2.43. The number of carbonyl (C=O) groups excluding carboxylic acids is 4. The first kappa shape index (κ1) is 19.0. The van der Waals surface area contributed by atoms with Crippen LogP contribution in [0.25, 0.3) is 0 Å². The number of aliphatic carboxylic acids is 1. The molecule has 0 aromatic heterocycles. The van der Waals surface area contributed by atoms with E-state index in [1.807, 2.05) is 0 Å². The molecule has 2 heterocycles. The third-order valence-electron chi connectivity index (χ3n) is 3.06. The normalized spacial score (nSPS) is 23.0. The Kier molecular flexibility index (Phi) is 6.44. The predicted molar refractivity (Wildman–Crippen MR) is 65.2 cm³/mol. The number of amides is 2. The monoisotopic (exact) mass is 338 g/mol. The van der Waals surface area contributed by atoms with Crippen molar-refractivity contribution in [3.63, 3.8) is 0 Å². The molecule has 0 aromatic carbocycles. The van der Waals surface area contributed by atoms with Gasteiger partial charge in [-0.3, -0.25) is 24.5 Å². The van der Waals surface area contributed by atoms with Crippen molar-refractivity contribution < 1.29 is 63.8 Å². The number of ether oxygens (including phenoxy) is 1. The topological polar surface area (TPSA) is 127 Å². The molecule has 1 fully saturated rings. The average molecular weight is 338 g/mol. The number of hydrogen-bond acceptors (Lipinski definition) is 8. The number of carbonyl (C=O) groups is 4. The van der Waals surface area contributed by atoms with Gasteiger partial charge in [0.25, 0.3) is 5.91 Å². The molecule has 22 heavy (non-hydrogen) atoms. The van der Waals surface area contributed by atoms with Crippen LogP contribution in [0.3, 0.4) is 0 Å². The summed E-state index contributed by atoms with van der Waals surface area (Å²) in [6.45, 7) is 0.917. The van der Waals surface area contributed by atoms with E-state index in [9.17, 15) is 29.5 Å². The van der Waals surface area contributed by atoms with Crippen molar-refractivity contribution in [1.82, 2.24) is 9.96 Å². The van der Waals surface area contributed by atoms with Crippen LogP contribution < -0.4 is 34.7 Å². The van der Waals surface area contributed by atoms with E-state index in [0.717, 1.165) is 16.7 Å². The van der Waals surface area contributed by atoms with E-state index in [4.69, 9.17) is 4.74 Å². The van der Waals surface area contributed by atoms with E-state index in [-0.39, 0.29) is 64.7 Å². The molecule has 2 atom stereocenters. The first-order valence-electron chi connectivity index (χ1n) is 5.82. The van der Waals surface area contributed by atoms with Gasteiger partial charge >= 0.3 is 35.5 Å². The molecular formula is C11H11N2NaO7S. The van der Waals surface area contributed by atoms with Crippen LogP contribution in [0.2, 0.25) is 0 Å². The number of β-lactam (4-membered cyclic amide) rings is 1. The molecule has 9 nitrogen and oxygen atoms in total. The van der Waals surface area contributed by atoms with Crippen LogP contribution in [0.4, 0.5) is 0 Å². The summed E-state index contributed by atoms with van der Waals surface area (Å²) in [6.07, 6.45) is 0.0806. The van der Waals surface area contributed by atoms with Crippen LogP contribution in [0, 0.1) is 0 Å². The summed E-state index contributed by atoms with van der Waals surface area (Å²) in [5, 5.41) is 20.0. The number of esters is 1. The second-order valence-corrected chi connectivity index (χ2v) is 5.46. The van der Waals surface area contributed by atoms with Crippen molar-refractivity contribution in [2.75, 3.05) is 12.4 Å². The Bertz CT molecular complexity index is 553. The van der Waals surface area contributed by atoms with Crippen LogP contribution in [-0.2, 0) is 23.9 Å². The van der Waals surface area contributed by atoms with Crippen molar-refractivity contribution in [1.29, 1.82) is 0 Å². The number of thioether (sulfide) groups is 1. The zero-order valence-electron chi connectivity index (χ0n) is 11.8. The predicted octanol–water partition coefficient (Wildman–Crippen LogP) is -5.31. The number of carboxylic acid groups (broad SMARTS) is 1. The van der Waals surface area contributed by atoms with Gasteiger partial charge in [-0.2, -0.15) is 0 Å². The molecule has 0 radical (unpaired) electrons. The summed E-state index contributed by atoms with van der Waals surface area (Å²) < 4.78 is 4.74. The van der Waals surface area contributed by atoms with Crippen molar-refractivity contribution in [3.05, 3.63) is 11.3 Å². The molecule has 0 aromatic rings. The second kappa shape index (κ2) is 7.47. The van der Waals surface area contributed by atoms with E-state index in [2.05, 4.69) is 0 Å². The summed E-state index contributed by atoms with van der Waals surface area (Å²) in [6, 6.07) is -1.13. The molecule has 2 rings (SSSR count). The quantitative estimate of drug-likeness (QED) is 0.131. The van der Waals surface area contributed by atoms with E-state index >= 15 is 0 Å². The number of rotatable bonds is 5. The van der Waals surface area contributed by atoms with Crippen LogP contribution in [0.15, 0.2) is 11.3 Å². The SMILES string of the molecule is CC(=O)OCC1=C(C(=O)[O-])N2C(=O)[C@@H](N(O)C=O)[C@H]2SC1.[Na+]. The minimum absolute atomic E-state index is 0. The van der Waals surface area contributed by atoms with Crippen LogP contribution in [0.1, 0.15) is 6.92 Å². The van der Waals surface area contributed by atoms with Gasteiger partial charge in [0.15, 0.2) is 6.04 Å². The van der Waals surface area contributed by atoms with Gasteiger partial charge in [0.05, 0.1) is 11.7 Å². The van der Waals surface area contributed by atoms with Gasteiger partial charge in [0.1, 0.15) is 12.0 Å². The van der Waals surface area contributed by atoms with Gasteiger partial charge in [-0.15, -0.1) is 11.8 Å². The molecule has 0 aliphatic carbocycles. The van der Waals surface area contributed by atoms with E-state index < -0.39 is 29.3 Å². The Balaban J connectivity index is 0.00000242. The summed E-state index contributed by atoms with van der Waals surface area (Å²) >= 11 is 1.15. The zero-order valence-corrected chi connectivity index (χ0v) is 14.7. The number of hydroxylamine groups is 2. The summed E-state index contributed by atoms with van der Waals surface area (Å²) in [5.74, 6) is -2.72. The first-order chi connectivity index (χ1) is 9.88. The Labute approximate surface area is 151 Å². The minimum atomic E-state index is -1.58. The smallest absolute Gasteiger partial charge is 0.543 e. The fourth-order valence-electron chi connectivity index (χ4n) is 2.13. The standard InChI is InChI=1S/C11H12N2O7S.Na/c1-5(15)20-2-6-3-21-10-8(12(19)4-14)9(16)13(10)7(6)11(17)18;/h4,8,10,19H,2-3H2,1H3,(H,17,18);/q;+1/p-1/t8-,10-;/m1./s1. The van der Waals surface area contributed by atoms with Crippen LogP contribution >= 0.6 is 11.8 Å². The summed E-state index contributed by atoms with van der Waals surface area (Å²) in [7, 11) is 0. The Morgan fingerprint density at radius 1 is 1.59 bits per heavy atom. The van der Waals surface area contributed by atoms with Gasteiger partial charge in [-0.05, 0) is 0 Å². The molecule has 1 N–H and O–H groups in total. The number of fused-ring (bicyclic) bond motifs is 1. The molecule has 11 heteroatoms. The molecule has 2 aliphatic heterocycles. The Morgan fingerprint density at radius 3 is 2.73 bits per heavy atom. The molecule has 2 amide bonds. The second-order valence-electron chi connectivity index (χ2n) is 4.36. The van der Waals surface area contributed by atoms with Crippen molar-refractivity contribution >= 4 is 36.0 Å². The summed E-state index contributed by atoms with van der Waals surface area (Å²) in [5.41, 5.74) is -0.144. The molecule has 1 saturated heterocycles. The molecule has 0 bridgehead atoms. The molecule has 114 valence electrons. The Hall–Kier alpha value is -1.07. The summed E-state index contributed by atoms with van der Waals surface area (Å²) in [4.78, 5) is 45.4. The van der Waals surface area contributed by atoms with Crippen molar-refractivity contribution in [3.8, 4) is 0 Å². The third-order valence-corrected chi connectivity index (χ3v) is 4.38. The molecule has 0 spiro atoms. The van der Waals surface area contributed by atoms with Crippen LogP contribution in [0.5, 0.6) is 0 Å². The van der Waals surface area contributed by atoms with Gasteiger partial charge in [-0.1, -0.05) is 0 Å². The van der Waals surface area contributed by atoms with Gasteiger partial charge in [0.2, 0.25) is 6.41 Å². The van der Waals surface area contributed by atoms with E-state index in [1.165, 1.54) is 6.92 Å². The fourth-order valence-corrected chi connectivity index (χ4v) is 3.50. The van der Waals surface area contributed by atoms with Crippen molar-refractivity contribution in [2.24, 2.45) is 0 Å². The van der Waals surface area contributed by atoms with E-state index in [1.54, 1.807) is 0 Å². The molecular weight excluding hydrogens is 327 g/mol. The maximum absolute atomic E-state index is 11.9. The number of carboxylic acids is 1. The van der Waals surface area contributed by atoms with Crippen molar-refractivity contribution in [2.45, 2.75) is 18.3 Å². The zero-order chi connectivity index (χ0) is 15.7. The van der Waals surface area contributed by atoms with Gasteiger partial charge < -0.3 is 14.6 Å². The third kappa shape index (κ3) is 3.30. The molecule has 0 unspecified atom stereocenters. The largest absolute Gasteiger partial charge is 1.00 e. The molecule has 2 aliphatic rings. The maximum atomic E-state index is 11.9. The Morgan fingerprint density at radius 2 is 2.23 bits per heavy atom. The molecule has 0 saturated carbocycles. The van der Waals surface area contributed by atoms with E-state index in [0.29, 0.717) is 0 Å². The van der Waals surface area contributed by atoms with Gasteiger partial charge in [0, 0.05) is 18.2 Å². The number of hydrogen-bond donors (Lipinski definition) is 1. The minimum Gasteiger partial charge on any atom is -0.543 e. The van der Waals surface area contributed by atoms with Gasteiger partial charge in [-0.25, -0.2) is 5.06 Å². The fraction of sp³-hybridized carbons (Fsp3) is 0.455. The number of nitrogens with zero attached hydrogens (tertiary/aromatic N) is 2. The first-order valence-corrected chi connectivity index (χ1v) is 6.87.